The minimum absolute atomic E-state index is 0.00293. The molecular weight excluding hydrogens is 568 g/mol. The average Bonchev–Trinajstić information content (AvgIpc) is 3.83. The third kappa shape index (κ3) is 4.63. The lowest BCUT2D eigenvalue weighted by Crippen LogP contribution is -2.39. The van der Waals surface area contributed by atoms with E-state index in [1.165, 1.54) is 44.6 Å². The fraction of sp³-hybridized carbons (Fsp3) is 0.459. The quantitative estimate of drug-likeness (QED) is 0.191. The van der Waals surface area contributed by atoms with Gasteiger partial charge in [0, 0.05) is 28.9 Å². The number of rotatable bonds is 4. The number of anilines is 1. The van der Waals surface area contributed by atoms with Crippen LogP contribution >= 0.6 is 0 Å². The van der Waals surface area contributed by atoms with Gasteiger partial charge in [-0.05, 0) is 103 Å². The van der Waals surface area contributed by atoms with Gasteiger partial charge in [0.25, 0.3) is 5.92 Å². The first-order chi connectivity index (χ1) is 21.9. The third-order valence-corrected chi connectivity index (χ3v) is 11.5. The van der Waals surface area contributed by atoms with Crippen LogP contribution in [0.5, 0.6) is 0 Å². The summed E-state index contributed by atoms with van der Waals surface area (Å²) in [5, 5.41) is 10.2. The number of hydrogen-bond donors (Lipinski definition) is 4. The van der Waals surface area contributed by atoms with Gasteiger partial charge in [0.15, 0.2) is 0 Å². The van der Waals surface area contributed by atoms with Gasteiger partial charge in [-0.25, -0.2) is 4.98 Å². The molecule has 3 aromatic carbocycles. The van der Waals surface area contributed by atoms with E-state index in [1.54, 1.807) is 24.3 Å². The minimum atomic E-state index is -3.17. The van der Waals surface area contributed by atoms with Gasteiger partial charge in [-0.2, -0.15) is 8.78 Å². The summed E-state index contributed by atoms with van der Waals surface area (Å²) in [6.45, 7) is 0. The molecule has 4 aromatic rings. The van der Waals surface area contributed by atoms with E-state index in [2.05, 4.69) is 20.9 Å². The van der Waals surface area contributed by atoms with Crippen molar-refractivity contribution in [3.05, 3.63) is 71.5 Å². The second-order valence-electron chi connectivity index (χ2n) is 14.2. The molecule has 0 unspecified atom stereocenters. The molecule has 1 amide bonds. The Labute approximate surface area is 261 Å². The molecule has 8 heteroatoms. The van der Waals surface area contributed by atoms with E-state index >= 15 is 8.78 Å². The number of H-pyrrole nitrogens is 1. The van der Waals surface area contributed by atoms with Crippen molar-refractivity contribution in [3.8, 4) is 22.3 Å². The lowest BCUT2D eigenvalue weighted by atomic mass is 9.85. The number of carbonyl (C=O) groups is 1. The van der Waals surface area contributed by atoms with Crippen molar-refractivity contribution in [2.24, 2.45) is 11.8 Å². The molecule has 2 saturated carbocycles. The van der Waals surface area contributed by atoms with Crippen LogP contribution in [0.15, 0.2) is 54.6 Å². The van der Waals surface area contributed by atoms with Crippen LogP contribution in [0.3, 0.4) is 0 Å². The summed E-state index contributed by atoms with van der Waals surface area (Å²) >= 11 is 0. The van der Waals surface area contributed by atoms with Gasteiger partial charge in [-0.1, -0.05) is 49.9 Å². The molecule has 6 nitrogen and oxygen atoms in total. The molecule has 2 saturated heterocycles. The molecular formula is C37H39F2N5O. The van der Waals surface area contributed by atoms with Crippen molar-refractivity contribution in [3.63, 3.8) is 0 Å². The Morgan fingerprint density at radius 1 is 0.778 bits per heavy atom. The first-order valence-electron chi connectivity index (χ1n) is 16.9. The van der Waals surface area contributed by atoms with E-state index in [4.69, 9.17) is 4.98 Å². The predicted molar refractivity (Wildman–Crippen MR) is 172 cm³/mol. The Morgan fingerprint density at radius 2 is 1.44 bits per heavy atom. The Hall–Kier alpha value is -3.62. The highest BCUT2D eigenvalue weighted by atomic mass is 19.3. The van der Waals surface area contributed by atoms with Crippen molar-refractivity contribution in [2.45, 2.75) is 94.3 Å². The van der Waals surface area contributed by atoms with Crippen LogP contribution in [0.2, 0.25) is 0 Å². The van der Waals surface area contributed by atoms with E-state index in [-0.39, 0.29) is 29.1 Å². The smallest absolute Gasteiger partial charge is 0.299 e. The molecule has 4 fully saturated rings. The van der Waals surface area contributed by atoms with Gasteiger partial charge in [0.2, 0.25) is 5.91 Å². The summed E-state index contributed by atoms with van der Waals surface area (Å²) in [6.07, 6.45) is 11.8. The lowest BCUT2D eigenvalue weighted by Gasteiger charge is -2.24. The highest BCUT2D eigenvalue weighted by Crippen LogP contribution is 2.52. The topological polar surface area (TPSA) is 81.8 Å². The molecule has 3 aliphatic carbocycles. The number of nitrogens with one attached hydrogen (secondary N) is 4. The van der Waals surface area contributed by atoms with E-state index in [0.717, 1.165) is 59.6 Å². The standard InChI is InChI=1S/C37H39F2N5O/c38-37(39)27-15-20(21-10-14-31-32(16-21)44-35(43-31)33-17-22-5-1-3-7-29(22)41-33)9-12-25(27)26-13-11-24(19-28(26)37)40-36(45)34-18-23-6-2-4-8-30(23)42-34/h9-16,19,22-23,29-30,33-34,41-42H,1-8,17-18H2,(H,40,45)(H,43,44)/t22-,23-,29-,30-,33-,34-/m0/s1. The van der Waals surface area contributed by atoms with Gasteiger partial charge in [0.05, 0.1) is 23.1 Å². The van der Waals surface area contributed by atoms with Crippen molar-refractivity contribution < 1.29 is 13.6 Å². The number of aromatic nitrogens is 2. The maximum Gasteiger partial charge on any atom is 0.299 e. The largest absolute Gasteiger partial charge is 0.341 e. The van der Waals surface area contributed by atoms with Crippen LogP contribution in [-0.4, -0.2) is 34.0 Å². The van der Waals surface area contributed by atoms with Gasteiger partial charge < -0.3 is 20.9 Å². The van der Waals surface area contributed by atoms with Gasteiger partial charge in [-0.3, -0.25) is 4.79 Å². The maximum absolute atomic E-state index is 16.1. The Kier molecular flexibility index (Phi) is 6.43. The summed E-state index contributed by atoms with van der Waals surface area (Å²) in [7, 11) is 0. The second kappa shape index (κ2) is 10.5. The van der Waals surface area contributed by atoms with Gasteiger partial charge in [0.1, 0.15) is 5.82 Å². The maximum atomic E-state index is 16.1. The molecule has 5 aliphatic rings. The number of alkyl halides is 2. The van der Waals surface area contributed by atoms with E-state index in [0.29, 0.717) is 34.8 Å². The van der Waals surface area contributed by atoms with Crippen LogP contribution < -0.4 is 16.0 Å². The summed E-state index contributed by atoms with van der Waals surface area (Å²) in [6, 6.07) is 17.2. The Balaban J connectivity index is 0.954. The Morgan fingerprint density at radius 3 is 2.22 bits per heavy atom. The molecule has 0 bridgehead atoms. The first-order valence-corrected chi connectivity index (χ1v) is 16.9. The van der Waals surface area contributed by atoms with Crippen molar-refractivity contribution in [1.29, 1.82) is 0 Å². The SMILES string of the molecule is O=C(Nc1ccc2c(c1)C(F)(F)c1cc(-c3ccc4nc([C@@H]5C[C@@H]6CCCC[C@@H]6N5)[nH]c4c3)ccc1-2)[C@@H]1C[C@@H]2CCCC[C@@H]2N1. The molecule has 9 rings (SSSR count). The summed E-state index contributed by atoms with van der Waals surface area (Å²) in [4.78, 5) is 21.5. The first kappa shape index (κ1) is 27.7. The van der Waals surface area contributed by atoms with Gasteiger partial charge >= 0.3 is 0 Å². The molecule has 232 valence electrons. The summed E-state index contributed by atoms with van der Waals surface area (Å²) in [5.41, 5.74) is 4.85. The fourth-order valence-corrected chi connectivity index (χ4v) is 9.13. The highest BCUT2D eigenvalue weighted by molar-refractivity contribution is 5.96. The van der Waals surface area contributed by atoms with Crippen LogP contribution in [0.4, 0.5) is 14.5 Å². The van der Waals surface area contributed by atoms with Crippen LogP contribution in [0.1, 0.15) is 87.2 Å². The lowest BCUT2D eigenvalue weighted by molar-refractivity contribution is -0.117. The number of aromatic amines is 1. The summed E-state index contributed by atoms with van der Waals surface area (Å²) < 4.78 is 32.1. The predicted octanol–water partition coefficient (Wildman–Crippen LogP) is 7.80. The number of fused-ring (bicyclic) bond motifs is 6. The molecule has 45 heavy (non-hydrogen) atoms. The number of carbonyl (C=O) groups excluding carboxylic acids is 1. The average molecular weight is 608 g/mol. The number of hydrogen-bond acceptors (Lipinski definition) is 4. The second-order valence-corrected chi connectivity index (χ2v) is 14.2. The van der Waals surface area contributed by atoms with Crippen LogP contribution in [0.25, 0.3) is 33.3 Å². The zero-order chi connectivity index (χ0) is 30.3. The van der Waals surface area contributed by atoms with Crippen molar-refractivity contribution in [1.82, 2.24) is 20.6 Å². The molecule has 0 radical (unpaired) electrons. The van der Waals surface area contributed by atoms with E-state index < -0.39 is 5.92 Å². The zero-order valence-electron chi connectivity index (χ0n) is 25.3. The van der Waals surface area contributed by atoms with E-state index in [9.17, 15) is 4.79 Å². The molecule has 3 heterocycles. The molecule has 2 aliphatic heterocycles. The van der Waals surface area contributed by atoms with Crippen molar-refractivity contribution in [2.75, 3.05) is 5.32 Å². The van der Waals surface area contributed by atoms with E-state index in [1.807, 2.05) is 24.3 Å². The monoisotopic (exact) mass is 607 g/mol. The number of amides is 1. The number of halogens is 2. The zero-order valence-corrected chi connectivity index (χ0v) is 25.3. The molecule has 4 N–H and O–H groups in total. The molecule has 6 atom stereocenters. The number of imidazole rings is 1. The van der Waals surface area contributed by atoms with Gasteiger partial charge in [-0.15, -0.1) is 0 Å². The third-order valence-electron chi connectivity index (χ3n) is 11.5. The van der Waals surface area contributed by atoms with Crippen molar-refractivity contribution >= 4 is 22.6 Å². The molecule has 1 aromatic heterocycles. The fourth-order valence-electron chi connectivity index (χ4n) is 9.13. The minimum Gasteiger partial charge on any atom is -0.341 e. The van der Waals surface area contributed by atoms with Crippen LogP contribution in [0, 0.1) is 11.8 Å². The Bertz CT molecular complexity index is 1790. The molecule has 0 spiro atoms. The highest BCUT2D eigenvalue weighted by Gasteiger charge is 2.45. The number of benzene rings is 3. The number of nitrogens with zero attached hydrogens (tertiary/aromatic N) is 1. The summed E-state index contributed by atoms with van der Waals surface area (Å²) in [5.74, 6) is -1.07. The van der Waals surface area contributed by atoms with Crippen LogP contribution in [-0.2, 0) is 10.7 Å². The normalized spacial score (nSPS) is 29.6.